The van der Waals surface area contributed by atoms with E-state index >= 15 is 0 Å². The van der Waals surface area contributed by atoms with Gasteiger partial charge in [0, 0.05) is 6.04 Å². The van der Waals surface area contributed by atoms with Crippen LogP contribution < -0.4 is 5.32 Å². The van der Waals surface area contributed by atoms with E-state index in [0.717, 1.165) is 12.0 Å². The van der Waals surface area contributed by atoms with Gasteiger partial charge in [-0.2, -0.15) is 0 Å². The van der Waals surface area contributed by atoms with Gasteiger partial charge in [-0.25, -0.2) is 0 Å². The average molecular weight is 212 g/mol. The van der Waals surface area contributed by atoms with Gasteiger partial charge in [0.2, 0.25) is 0 Å². The molecule has 1 heterocycles. The van der Waals surface area contributed by atoms with Crippen LogP contribution in [0.3, 0.4) is 0 Å². The van der Waals surface area contributed by atoms with E-state index in [4.69, 9.17) is 0 Å². The molecule has 15 heavy (non-hydrogen) atoms. The molecular formula is C13H28N2. The minimum atomic E-state index is 0.805. The predicted molar refractivity (Wildman–Crippen MR) is 67.2 cm³/mol. The Hall–Kier alpha value is -0.0800. The van der Waals surface area contributed by atoms with Crippen LogP contribution in [-0.4, -0.2) is 37.1 Å². The zero-order valence-corrected chi connectivity index (χ0v) is 10.8. The number of hydrogen-bond acceptors (Lipinski definition) is 2. The summed E-state index contributed by atoms with van der Waals surface area (Å²) >= 11 is 0. The lowest BCUT2D eigenvalue weighted by molar-refractivity contribution is 0.128. The number of nitrogens with zero attached hydrogens (tertiary/aromatic N) is 1. The Morgan fingerprint density at radius 1 is 1.27 bits per heavy atom. The fraction of sp³-hybridized carbons (Fsp3) is 1.00. The van der Waals surface area contributed by atoms with Crippen LogP contribution in [0.2, 0.25) is 0 Å². The average Bonchev–Trinajstić information content (AvgIpc) is 2.20. The smallest absolute Gasteiger partial charge is 0.00694 e. The normalized spacial score (nSPS) is 28.2. The molecule has 2 heteroatoms. The maximum atomic E-state index is 3.47. The maximum Gasteiger partial charge on any atom is 0.00694 e. The monoisotopic (exact) mass is 212 g/mol. The fourth-order valence-corrected chi connectivity index (χ4v) is 2.50. The fourth-order valence-electron chi connectivity index (χ4n) is 2.50. The molecule has 1 aliphatic heterocycles. The molecule has 0 amide bonds. The maximum absolute atomic E-state index is 3.47. The second-order valence-corrected chi connectivity index (χ2v) is 5.12. The quantitative estimate of drug-likeness (QED) is 0.681. The lowest BCUT2D eigenvalue weighted by Crippen LogP contribution is -2.41. The summed E-state index contributed by atoms with van der Waals surface area (Å²) in [5.74, 6) is 0.939. The van der Waals surface area contributed by atoms with Crippen LogP contribution in [0.5, 0.6) is 0 Å². The van der Waals surface area contributed by atoms with Crippen LogP contribution in [0.1, 0.15) is 46.5 Å². The summed E-state index contributed by atoms with van der Waals surface area (Å²) in [6, 6.07) is 0.805. The van der Waals surface area contributed by atoms with Gasteiger partial charge >= 0.3 is 0 Å². The van der Waals surface area contributed by atoms with E-state index in [1.54, 1.807) is 0 Å². The van der Waals surface area contributed by atoms with Crippen molar-refractivity contribution in [1.29, 1.82) is 0 Å². The van der Waals surface area contributed by atoms with E-state index in [0.29, 0.717) is 0 Å². The number of hydrogen-bond donors (Lipinski definition) is 1. The number of nitrogens with one attached hydrogen (secondary N) is 1. The van der Waals surface area contributed by atoms with Gasteiger partial charge in [0.1, 0.15) is 0 Å². The van der Waals surface area contributed by atoms with Crippen LogP contribution in [0.25, 0.3) is 0 Å². The first-order valence-corrected chi connectivity index (χ1v) is 6.68. The first-order chi connectivity index (χ1) is 7.24. The van der Waals surface area contributed by atoms with Gasteiger partial charge in [-0.15, -0.1) is 0 Å². The van der Waals surface area contributed by atoms with Crippen molar-refractivity contribution in [1.82, 2.24) is 10.2 Å². The van der Waals surface area contributed by atoms with Gasteiger partial charge in [-0.1, -0.05) is 13.8 Å². The topological polar surface area (TPSA) is 15.3 Å². The van der Waals surface area contributed by atoms with Crippen molar-refractivity contribution in [3.05, 3.63) is 0 Å². The minimum absolute atomic E-state index is 0.805. The van der Waals surface area contributed by atoms with Crippen molar-refractivity contribution in [2.45, 2.75) is 52.5 Å². The Morgan fingerprint density at radius 3 is 2.73 bits per heavy atom. The number of likely N-dealkylation sites (tertiary alicyclic amines) is 1. The summed E-state index contributed by atoms with van der Waals surface area (Å²) in [6.07, 6.45) is 5.34. The lowest BCUT2D eigenvalue weighted by Gasteiger charge is -2.36. The zero-order valence-electron chi connectivity index (χ0n) is 10.8. The highest BCUT2D eigenvalue weighted by molar-refractivity contribution is 4.76. The van der Waals surface area contributed by atoms with E-state index in [2.05, 4.69) is 31.0 Å². The zero-order chi connectivity index (χ0) is 11.1. The van der Waals surface area contributed by atoms with E-state index in [-0.39, 0.29) is 0 Å². The molecule has 90 valence electrons. The molecule has 0 aliphatic carbocycles. The summed E-state index contributed by atoms with van der Waals surface area (Å²) in [6.45, 7) is 12.0. The molecule has 0 spiro atoms. The highest BCUT2D eigenvalue weighted by atomic mass is 15.2. The first-order valence-electron chi connectivity index (χ1n) is 6.68. The first kappa shape index (κ1) is 13.0. The van der Waals surface area contributed by atoms with Gasteiger partial charge in [0.05, 0.1) is 0 Å². The van der Waals surface area contributed by atoms with Crippen molar-refractivity contribution >= 4 is 0 Å². The molecule has 0 bridgehead atoms. The van der Waals surface area contributed by atoms with Crippen LogP contribution in [0, 0.1) is 5.92 Å². The van der Waals surface area contributed by atoms with Crippen molar-refractivity contribution < 1.29 is 0 Å². The van der Waals surface area contributed by atoms with Crippen molar-refractivity contribution in [3.63, 3.8) is 0 Å². The Bertz CT molecular complexity index is 159. The SMILES string of the molecule is CCCNCCCN1CCC(C)CC1C. The minimum Gasteiger partial charge on any atom is -0.317 e. The molecular weight excluding hydrogens is 184 g/mol. The lowest BCUT2D eigenvalue weighted by atomic mass is 9.93. The van der Waals surface area contributed by atoms with Crippen molar-refractivity contribution in [2.24, 2.45) is 5.92 Å². The molecule has 0 aromatic rings. The standard InChI is InChI=1S/C13H28N2/c1-4-7-14-8-5-9-15-10-6-12(2)11-13(15)3/h12-14H,4-11H2,1-3H3. The van der Waals surface area contributed by atoms with Crippen LogP contribution >= 0.6 is 0 Å². The van der Waals surface area contributed by atoms with Crippen molar-refractivity contribution in [2.75, 3.05) is 26.2 Å². The molecule has 1 N–H and O–H groups in total. The van der Waals surface area contributed by atoms with Gasteiger partial charge < -0.3 is 10.2 Å². The molecule has 1 aliphatic rings. The highest BCUT2D eigenvalue weighted by Gasteiger charge is 2.21. The van der Waals surface area contributed by atoms with Crippen molar-refractivity contribution in [3.8, 4) is 0 Å². The summed E-state index contributed by atoms with van der Waals surface area (Å²) in [7, 11) is 0. The van der Waals surface area contributed by atoms with E-state index < -0.39 is 0 Å². The number of piperidine rings is 1. The van der Waals surface area contributed by atoms with E-state index in [1.807, 2.05) is 0 Å². The molecule has 2 atom stereocenters. The molecule has 2 unspecified atom stereocenters. The molecule has 1 rings (SSSR count). The molecule has 0 saturated carbocycles. The van der Waals surface area contributed by atoms with E-state index in [9.17, 15) is 0 Å². The summed E-state index contributed by atoms with van der Waals surface area (Å²) in [5.41, 5.74) is 0. The molecule has 1 saturated heterocycles. The van der Waals surface area contributed by atoms with E-state index in [1.165, 1.54) is 51.9 Å². The van der Waals surface area contributed by atoms with Gasteiger partial charge in [-0.05, 0) is 64.7 Å². The Labute approximate surface area is 95.4 Å². The second-order valence-electron chi connectivity index (χ2n) is 5.12. The second kappa shape index (κ2) is 7.24. The Kier molecular flexibility index (Phi) is 6.26. The molecule has 1 fully saturated rings. The molecule has 0 aromatic carbocycles. The predicted octanol–water partition coefficient (Wildman–Crippen LogP) is 2.50. The molecule has 0 aromatic heterocycles. The van der Waals surface area contributed by atoms with Gasteiger partial charge in [-0.3, -0.25) is 0 Å². The largest absolute Gasteiger partial charge is 0.317 e. The summed E-state index contributed by atoms with van der Waals surface area (Å²) in [5, 5.41) is 3.47. The Balaban J connectivity index is 2.05. The van der Waals surface area contributed by atoms with Crippen LogP contribution in [0.4, 0.5) is 0 Å². The Morgan fingerprint density at radius 2 is 2.07 bits per heavy atom. The summed E-state index contributed by atoms with van der Waals surface area (Å²) < 4.78 is 0. The van der Waals surface area contributed by atoms with Gasteiger partial charge in [0.25, 0.3) is 0 Å². The third-order valence-electron chi connectivity index (χ3n) is 3.50. The molecule has 0 radical (unpaired) electrons. The van der Waals surface area contributed by atoms with Gasteiger partial charge in [0.15, 0.2) is 0 Å². The molecule has 2 nitrogen and oxygen atoms in total. The third-order valence-corrected chi connectivity index (χ3v) is 3.50. The third kappa shape index (κ3) is 4.98. The summed E-state index contributed by atoms with van der Waals surface area (Å²) in [4.78, 5) is 2.66. The number of rotatable bonds is 6. The van der Waals surface area contributed by atoms with Crippen LogP contribution in [0.15, 0.2) is 0 Å². The highest BCUT2D eigenvalue weighted by Crippen LogP contribution is 2.21. The van der Waals surface area contributed by atoms with Crippen LogP contribution in [-0.2, 0) is 0 Å².